The van der Waals surface area contributed by atoms with Crippen LogP contribution in [0.1, 0.15) is 36.8 Å². The van der Waals surface area contributed by atoms with E-state index in [0.29, 0.717) is 11.1 Å². The second-order valence-electron chi connectivity index (χ2n) is 9.28. The maximum absolute atomic E-state index is 12.6. The number of para-hydroxylation sites is 1. The van der Waals surface area contributed by atoms with Gasteiger partial charge in [0.2, 0.25) is 0 Å². The molecular formula is C26H30F6N2O4. The first-order valence-electron chi connectivity index (χ1n) is 12.5. The molecule has 0 saturated carbocycles. The van der Waals surface area contributed by atoms with Crippen LogP contribution < -0.4 is 9.47 Å². The van der Waals surface area contributed by atoms with Crippen molar-refractivity contribution in [3.63, 3.8) is 0 Å². The summed E-state index contributed by atoms with van der Waals surface area (Å²) in [6.07, 6.45) is -6.41. The number of nitrogens with zero attached hydrogens (tertiary/aromatic N) is 2. The average molecular weight is 549 g/mol. The van der Waals surface area contributed by atoms with Crippen molar-refractivity contribution in [2.24, 2.45) is 0 Å². The lowest BCUT2D eigenvalue weighted by Crippen LogP contribution is -2.52. The summed E-state index contributed by atoms with van der Waals surface area (Å²) in [6, 6.07) is 11.8. The van der Waals surface area contributed by atoms with Crippen molar-refractivity contribution >= 4 is 0 Å². The molecular weight excluding hydrogens is 518 g/mol. The summed E-state index contributed by atoms with van der Waals surface area (Å²) in [5.41, 5.74) is 0.970. The van der Waals surface area contributed by atoms with E-state index in [2.05, 4.69) is 19.5 Å². The Kier molecular flexibility index (Phi) is 9.40. The second-order valence-corrected chi connectivity index (χ2v) is 9.28. The minimum absolute atomic E-state index is 0.0123. The van der Waals surface area contributed by atoms with Crippen LogP contribution in [0.5, 0.6) is 11.5 Å². The van der Waals surface area contributed by atoms with Gasteiger partial charge in [0.1, 0.15) is 11.5 Å². The summed E-state index contributed by atoms with van der Waals surface area (Å²) in [4.78, 5) is 0. The van der Waals surface area contributed by atoms with Gasteiger partial charge in [-0.05, 0) is 49.4 Å². The topological polar surface area (TPSA) is 43.4 Å². The van der Waals surface area contributed by atoms with Gasteiger partial charge in [-0.15, -0.1) is 26.3 Å². The minimum Gasteiger partial charge on any atom is -0.406 e. The highest BCUT2D eigenvalue weighted by atomic mass is 19.4. The number of benzene rings is 2. The van der Waals surface area contributed by atoms with Crippen molar-refractivity contribution in [3.05, 3.63) is 59.7 Å². The largest absolute Gasteiger partial charge is 0.573 e. The van der Waals surface area contributed by atoms with E-state index < -0.39 is 12.7 Å². The summed E-state index contributed by atoms with van der Waals surface area (Å²) in [5, 5.41) is 4.55. The number of ether oxygens (including phenoxy) is 4. The fourth-order valence-corrected chi connectivity index (χ4v) is 4.68. The standard InChI is InChI=1S/C26H30F6N2O4/c27-25(28,29)37-23-6-3-4-19(16-23)17-35-21-8-12-33(13-9-21)34-14-10-22(11-15-34)36-18-20-5-1-2-7-24(20)38-26(30,31)32/h1-7,16,21-22H,8-15,17-18H2. The van der Waals surface area contributed by atoms with Gasteiger partial charge in [0.05, 0.1) is 25.4 Å². The molecule has 2 saturated heterocycles. The Morgan fingerprint density at radius 2 is 1.21 bits per heavy atom. The molecule has 2 aliphatic heterocycles. The van der Waals surface area contributed by atoms with E-state index in [1.165, 1.54) is 30.3 Å². The highest BCUT2D eigenvalue weighted by Gasteiger charge is 2.33. The molecule has 0 amide bonds. The summed E-state index contributed by atoms with van der Waals surface area (Å²) in [5.74, 6) is -0.510. The zero-order valence-electron chi connectivity index (χ0n) is 20.6. The summed E-state index contributed by atoms with van der Waals surface area (Å²) in [7, 11) is 0. The summed E-state index contributed by atoms with van der Waals surface area (Å²) in [6.45, 7) is 3.42. The molecule has 38 heavy (non-hydrogen) atoms. The Hall–Kier alpha value is -2.54. The van der Waals surface area contributed by atoms with Crippen molar-refractivity contribution in [2.75, 3.05) is 26.2 Å². The van der Waals surface area contributed by atoms with Crippen molar-refractivity contribution in [3.8, 4) is 11.5 Å². The molecule has 0 bridgehead atoms. The van der Waals surface area contributed by atoms with E-state index in [1.54, 1.807) is 18.2 Å². The first-order valence-corrected chi connectivity index (χ1v) is 12.5. The molecule has 0 atom stereocenters. The highest BCUT2D eigenvalue weighted by molar-refractivity contribution is 5.33. The van der Waals surface area contributed by atoms with E-state index in [-0.39, 0.29) is 36.9 Å². The Morgan fingerprint density at radius 1 is 0.658 bits per heavy atom. The third-order valence-corrected chi connectivity index (χ3v) is 6.53. The van der Waals surface area contributed by atoms with Gasteiger partial charge in [0.15, 0.2) is 0 Å². The number of rotatable bonds is 9. The average Bonchev–Trinajstić information content (AvgIpc) is 2.86. The van der Waals surface area contributed by atoms with Gasteiger partial charge in [0, 0.05) is 31.7 Å². The van der Waals surface area contributed by atoms with Gasteiger partial charge in [-0.1, -0.05) is 30.3 Å². The monoisotopic (exact) mass is 548 g/mol. The molecule has 0 aromatic heterocycles. The number of hydrogen-bond acceptors (Lipinski definition) is 6. The van der Waals surface area contributed by atoms with Crippen LogP contribution in [0.4, 0.5) is 26.3 Å². The quantitative estimate of drug-likeness (QED) is 0.355. The minimum atomic E-state index is -4.75. The first-order chi connectivity index (χ1) is 18.0. The van der Waals surface area contributed by atoms with Gasteiger partial charge in [-0.2, -0.15) is 0 Å². The molecule has 2 fully saturated rings. The van der Waals surface area contributed by atoms with Crippen LogP contribution in [0.25, 0.3) is 0 Å². The smallest absolute Gasteiger partial charge is 0.406 e. The zero-order chi connectivity index (χ0) is 27.2. The van der Waals surface area contributed by atoms with Crippen LogP contribution in [-0.2, 0) is 22.7 Å². The van der Waals surface area contributed by atoms with Crippen LogP contribution in [0.2, 0.25) is 0 Å². The lowest BCUT2D eigenvalue weighted by atomic mass is 10.1. The molecule has 2 aliphatic rings. The van der Waals surface area contributed by atoms with Gasteiger partial charge >= 0.3 is 12.7 Å². The summed E-state index contributed by atoms with van der Waals surface area (Å²) < 4.78 is 95.0. The van der Waals surface area contributed by atoms with E-state index in [1.807, 2.05) is 0 Å². The van der Waals surface area contributed by atoms with Crippen LogP contribution >= 0.6 is 0 Å². The van der Waals surface area contributed by atoms with Crippen LogP contribution in [0.15, 0.2) is 48.5 Å². The van der Waals surface area contributed by atoms with Gasteiger partial charge in [0.25, 0.3) is 0 Å². The predicted octanol–water partition coefficient (Wildman–Crippen LogP) is 6.06. The van der Waals surface area contributed by atoms with Gasteiger partial charge < -0.3 is 18.9 Å². The van der Waals surface area contributed by atoms with Crippen molar-refractivity contribution in [1.82, 2.24) is 10.0 Å². The van der Waals surface area contributed by atoms with Crippen molar-refractivity contribution in [1.29, 1.82) is 0 Å². The molecule has 4 rings (SSSR count). The molecule has 2 heterocycles. The Labute approximate surface area is 217 Å². The number of piperidine rings is 2. The molecule has 0 aliphatic carbocycles. The number of alkyl halides is 6. The van der Waals surface area contributed by atoms with Crippen LogP contribution in [0, 0.1) is 0 Å². The Morgan fingerprint density at radius 3 is 1.79 bits per heavy atom. The lowest BCUT2D eigenvalue weighted by molar-refractivity contribution is -0.275. The normalized spacial score (nSPS) is 19.0. The van der Waals surface area contributed by atoms with E-state index in [9.17, 15) is 26.3 Å². The Balaban J connectivity index is 1.15. The molecule has 0 unspecified atom stereocenters. The highest BCUT2D eigenvalue weighted by Crippen LogP contribution is 2.28. The molecule has 6 nitrogen and oxygen atoms in total. The molecule has 12 heteroatoms. The van der Waals surface area contributed by atoms with Crippen molar-refractivity contribution in [2.45, 2.75) is 63.8 Å². The maximum Gasteiger partial charge on any atom is 0.573 e. The molecule has 0 spiro atoms. The zero-order valence-corrected chi connectivity index (χ0v) is 20.6. The van der Waals surface area contributed by atoms with E-state index in [4.69, 9.17) is 9.47 Å². The third-order valence-electron chi connectivity index (χ3n) is 6.53. The third kappa shape index (κ3) is 9.04. The maximum atomic E-state index is 12.6. The fraction of sp³-hybridized carbons (Fsp3) is 0.538. The number of halogens is 6. The molecule has 2 aromatic rings. The number of hydrogen-bond donors (Lipinski definition) is 0. The van der Waals surface area contributed by atoms with E-state index >= 15 is 0 Å². The molecule has 0 radical (unpaired) electrons. The molecule has 0 N–H and O–H groups in total. The van der Waals surface area contributed by atoms with Crippen LogP contribution in [-0.4, -0.2) is 61.1 Å². The van der Waals surface area contributed by atoms with Gasteiger partial charge in [-0.25, -0.2) is 10.0 Å². The number of hydrazine groups is 1. The van der Waals surface area contributed by atoms with Crippen LogP contribution in [0.3, 0.4) is 0 Å². The molecule has 2 aromatic carbocycles. The first kappa shape index (κ1) is 28.5. The van der Waals surface area contributed by atoms with Gasteiger partial charge in [-0.3, -0.25) is 0 Å². The Bertz CT molecular complexity index is 1020. The fourth-order valence-electron chi connectivity index (χ4n) is 4.68. The van der Waals surface area contributed by atoms with E-state index in [0.717, 1.165) is 51.9 Å². The summed E-state index contributed by atoms with van der Waals surface area (Å²) >= 11 is 0. The predicted molar refractivity (Wildman–Crippen MR) is 125 cm³/mol. The SMILES string of the molecule is FC(F)(F)Oc1cccc(COC2CCN(N3CCC(OCc4ccccc4OC(F)(F)F)CC3)CC2)c1. The van der Waals surface area contributed by atoms with Crippen molar-refractivity contribution < 1.29 is 45.3 Å². The molecule has 210 valence electrons. The lowest BCUT2D eigenvalue weighted by Gasteiger charge is -2.43. The second kappa shape index (κ2) is 12.5.